The quantitative estimate of drug-likeness (QED) is 0.686. The Bertz CT molecular complexity index is 603. The van der Waals surface area contributed by atoms with E-state index >= 15 is 0 Å². The van der Waals surface area contributed by atoms with Crippen LogP contribution in [0.15, 0.2) is 18.2 Å². The van der Waals surface area contributed by atoms with Crippen molar-refractivity contribution < 1.29 is 23.9 Å². The lowest BCUT2D eigenvalue weighted by atomic mass is 10.2. The Morgan fingerprint density at radius 1 is 1.04 bits per heavy atom. The van der Waals surface area contributed by atoms with Crippen LogP contribution in [-0.4, -0.2) is 44.0 Å². The minimum atomic E-state index is -0.352. The Hall–Kier alpha value is -2.77. The van der Waals surface area contributed by atoms with Gasteiger partial charge in [0.2, 0.25) is 17.7 Å². The van der Waals surface area contributed by atoms with Crippen LogP contribution in [0.1, 0.15) is 13.3 Å². The van der Waals surface area contributed by atoms with Gasteiger partial charge < -0.3 is 25.4 Å². The van der Waals surface area contributed by atoms with Gasteiger partial charge in [-0.1, -0.05) is 0 Å². The maximum absolute atomic E-state index is 11.8. The van der Waals surface area contributed by atoms with Crippen LogP contribution in [0.5, 0.6) is 11.5 Å². The molecule has 0 spiro atoms. The molecule has 0 radical (unpaired) electrons. The number of fused-ring (bicyclic) bond motifs is 1. The van der Waals surface area contributed by atoms with Gasteiger partial charge in [0.15, 0.2) is 11.5 Å². The Kier molecular flexibility index (Phi) is 5.79. The summed E-state index contributed by atoms with van der Waals surface area (Å²) in [5, 5.41) is 7.65. The molecule has 1 aliphatic rings. The minimum absolute atomic E-state index is 0.122. The highest BCUT2D eigenvalue weighted by molar-refractivity contribution is 5.94. The molecule has 23 heavy (non-hydrogen) atoms. The van der Waals surface area contributed by atoms with E-state index in [4.69, 9.17) is 9.47 Å². The fourth-order valence-electron chi connectivity index (χ4n) is 1.95. The monoisotopic (exact) mass is 321 g/mol. The highest BCUT2D eigenvalue weighted by atomic mass is 16.6. The molecule has 1 aromatic carbocycles. The molecule has 1 heterocycles. The molecule has 124 valence electrons. The van der Waals surface area contributed by atoms with Crippen LogP contribution in [0, 0.1) is 0 Å². The fraction of sp³-hybridized carbons (Fsp3) is 0.400. The number of rotatable bonds is 6. The average molecular weight is 321 g/mol. The van der Waals surface area contributed by atoms with Crippen molar-refractivity contribution in [3.05, 3.63) is 18.2 Å². The molecule has 0 saturated heterocycles. The van der Waals surface area contributed by atoms with E-state index in [9.17, 15) is 14.4 Å². The maximum Gasteiger partial charge on any atom is 0.243 e. The van der Waals surface area contributed by atoms with E-state index in [1.807, 2.05) is 0 Å². The molecule has 0 aliphatic carbocycles. The molecule has 0 atom stereocenters. The number of benzene rings is 1. The first-order valence-electron chi connectivity index (χ1n) is 7.25. The van der Waals surface area contributed by atoms with Gasteiger partial charge >= 0.3 is 0 Å². The Balaban J connectivity index is 1.74. The molecule has 1 aromatic rings. The molecule has 2 rings (SSSR count). The predicted octanol–water partition coefficient (Wildman–Crippen LogP) is 0.0387. The Labute approximate surface area is 133 Å². The van der Waals surface area contributed by atoms with Gasteiger partial charge in [-0.2, -0.15) is 0 Å². The van der Waals surface area contributed by atoms with E-state index in [1.54, 1.807) is 18.2 Å². The predicted molar refractivity (Wildman–Crippen MR) is 82.4 cm³/mol. The lowest BCUT2D eigenvalue weighted by Crippen LogP contribution is -2.35. The molecular weight excluding hydrogens is 302 g/mol. The number of ether oxygens (including phenoxy) is 2. The number of amides is 3. The van der Waals surface area contributed by atoms with E-state index < -0.39 is 0 Å². The van der Waals surface area contributed by atoms with Crippen molar-refractivity contribution in [2.45, 2.75) is 13.3 Å². The lowest BCUT2D eigenvalue weighted by Gasteiger charge is -2.19. The van der Waals surface area contributed by atoms with Gasteiger partial charge in [-0.3, -0.25) is 14.4 Å². The van der Waals surface area contributed by atoms with E-state index in [0.29, 0.717) is 30.4 Å². The maximum atomic E-state index is 11.8. The van der Waals surface area contributed by atoms with Crippen molar-refractivity contribution in [3.8, 4) is 11.5 Å². The van der Waals surface area contributed by atoms with Crippen molar-refractivity contribution in [2.75, 3.05) is 31.6 Å². The van der Waals surface area contributed by atoms with Crippen LogP contribution in [0.2, 0.25) is 0 Å². The Morgan fingerprint density at radius 3 is 2.52 bits per heavy atom. The summed E-state index contributed by atoms with van der Waals surface area (Å²) in [6, 6.07) is 5.09. The first kappa shape index (κ1) is 16.6. The molecule has 0 unspecified atom stereocenters. The zero-order chi connectivity index (χ0) is 16.7. The largest absolute Gasteiger partial charge is 0.486 e. The first-order chi connectivity index (χ1) is 11.0. The molecule has 0 bridgehead atoms. The second kappa shape index (κ2) is 8.02. The summed E-state index contributed by atoms with van der Waals surface area (Å²) in [6.45, 7) is 2.44. The second-order valence-corrected chi connectivity index (χ2v) is 4.92. The SMILES string of the molecule is CC(=O)NCCC(=O)NCC(=O)Nc1ccc2c(c1)OCCO2. The first-order valence-corrected chi connectivity index (χ1v) is 7.25. The van der Waals surface area contributed by atoms with E-state index in [0.717, 1.165) is 0 Å². The third-order valence-corrected chi connectivity index (χ3v) is 3.00. The van der Waals surface area contributed by atoms with E-state index in [1.165, 1.54) is 6.92 Å². The number of hydrogen-bond donors (Lipinski definition) is 3. The summed E-state index contributed by atoms with van der Waals surface area (Å²) in [5.74, 6) is 0.355. The summed E-state index contributed by atoms with van der Waals surface area (Å²) in [5.41, 5.74) is 0.562. The minimum Gasteiger partial charge on any atom is -0.486 e. The normalized spacial score (nSPS) is 12.2. The molecule has 0 aromatic heterocycles. The van der Waals surface area contributed by atoms with Gasteiger partial charge in [-0.05, 0) is 12.1 Å². The molecule has 0 saturated carbocycles. The van der Waals surface area contributed by atoms with Crippen molar-refractivity contribution >= 4 is 23.4 Å². The van der Waals surface area contributed by atoms with Crippen molar-refractivity contribution in [1.82, 2.24) is 10.6 Å². The summed E-state index contributed by atoms with van der Waals surface area (Å²) in [7, 11) is 0. The summed E-state index contributed by atoms with van der Waals surface area (Å²) in [6.07, 6.45) is 0.122. The number of carbonyl (C=O) groups excluding carboxylic acids is 3. The number of hydrogen-bond acceptors (Lipinski definition) is 5. The standard InChI is InChI=1S/C15H19N3O5/c1-10(19)16-5-4-14(20)17-9-15(21)18-11-2-3-12-13(8-11)23-7-6-22-12/h2-3,8H,4-7,9H2,1H3,(H,16,19)(H,17,20)(H,18,21). The third kappa shape index (κ3) is 5.50. The van der Waals surface area contributed by atoms with Crippen molar-refractivity contribution in [1.29, 1.82) is 0 Å². The summed E-state index contributed by atoms with van der Waals surface area (Å²) >= 11 is 0. The average Bonchev–Trinajstić information content (AvgIpc) is 2.52. The zero-order valence-corrected chi connectivity index (χ0v) is 12.8. The smallest absolute Gasteiger partial charge is 0.243 e. The molecule has 3 amide bonds. The summed E-state index contributed by atoms with van der Waals surface area (Å²) < 4.78 is 10.8. The van der Waals surface area contributed by atoms with E-state index in [2.05, 4.69) is 16.0 Å². The second-order valence-electron chi connectivity index (χ2n) is 4.92. The molecule has 1 aliphatic heterocycles. The molecule has 0 fully saturated rings. The van der Waals surface area contributed by atoms with Crippen LogP contribution in [-0.2, 0) is 14.4 Å². The van der Waals surface area contributed by atoms with Crippen LogP contribution >= 0.6 is 0 Å². The molecule has 3 N–H and O–H groups in total. The number of nitrogens with one attached hydrogen (secondary N) is 3. The van der Waals surface area contributed by atoms with Gasteiger partial charge in [0, 0.05) is 31.6 Å². The van der Waals surface area contributed by atoms with Crippen LogP contribution in [0.25, 0.3) is 0 Å². The van der Waals surface area contributed by atoms with Crippen molar-refractivity contribution in [2.24, 2.45) is 0 Å². The highest BCUT2D eigenvalue weighted by Crippen LogP contribution is 2.32. The highest BCUT2D eigenvalue weighted by Gasteiger charge is 2.13. The van der Waals surface area contributed by atoms with Gasteiger partial charge in [0.1, 0.15) is 13.2 Å². The zero-order valence-electron chi connectivity index (χ0n) is 12.8. The van der Waals surface area contributed by atoms with Crippen LogP contribution < -0.4 is 25.4 Å². The van der Waals surface area contributed by atoms with Gasteiger partial charge in [-0.25, -0.2) is 0 Å². The lowest BCUT2D eigenvalue weighted by molar-refractivity contribution is -0.124. The number of anilines is 1. The number of carbonyl (C=O) groups is 3. The molecule has 8 nitrogen and oxygen atoms in total. The van der Waals surface area contributed by atoms with Crippen LogP contribution in [0.4, 0.5) is 5.69 Å². The van der Waals surface area contributed by atoms with E-state index in [-0.39, 0.29) is 37.2 Å². The summed E-state index contributed by atoms with van der Waals surface area (Å²) in [4.78, 5) is 34.0. The molecule has 8 heteroatoms. The van der Waals surface area contributed by atoms with Gasteiger partial charge in [0.05, 0.1) is 6.54 Å². The molecular formula is C15H19N3O5. The van der Waals surface area contributed by atoms with Crippen LogP contribution in [0.3, 0.4) is 0 Å². The Morgan fingerprint density at radius 2 is 1.78 bits per heavy atom. The van der Waals surface area contributed by atoms with Gasteiger partial charge in [0.25, 0.3) is 0 Å². The third-order valence-electron chi connectivity index (χ3n) is 3.00. The van der Waals surface area contributed by atoms with Gasteiger partial charge in [-0.15, -0.1) is 0 Å². The van der Waals surface area contributed by atoms with Crippen molar-refractivity contribution in [3.63, 3.8) is 0 Å². The fourth-order valence-corrected chi connectivity index (χ4v) is 1.95. The topological polar surface area (TPSA) is 106 Å².